The Labute approximate surface area is 62.5 Å². The molecule has 2 nitrogen and oxygen atoms in total. The molecule has 0 aromatic carbocycles. The lowest BCUT2D eigenvalue weighted by Crippen LogP contribution is -1.88. The highest BCUT2D eigenvalue weighted by molar-refractivity contribution is 14.1. The number of hydrogen-bond acceptors (Lipinski definition) is 2. The van der Waals surface area contributed by atoms with E-state index >= 15 is 0 Å². The van der Waals surface area contributed by atoms with Gasteiger partial charge >= 0.3 is 0 Å². The summed E-state index contributed by atoms with van der Waals surface area (Å²) in [6, 6.07) is 0. The molecule has 0 aliphatic rings. The van der Waals surface area contributed by atoms with Gasteiger partial charge in [-0.2, -0.15) is 4.99 Å². The van der Waals surface area contributed by atoms with Gasteiger partial charge in [-0.15, -0.1) is 0 Å². The van der Waals surface area contributed by atoms with Crippen LogP contribution in [0.2, 0.25) is 0 Å². The first-order valence-electron chi connectivity index (χ1n) is 2.52. The fraction of sp³-hybridized carbons (Fsp3) is 0.800. The first-order valence-corrected chi connectivity index (χ1v) is 3.77. The van der Waals surface area contributed by atoms with Crippen LogP contribution >= 0.6 is 22.6 Å². The van der Waals surface area contributed by atoms with Crippen molar-refractivity contribution in [1.82, 2.24) is 0 Å². The Kier molecular flexibility index (Phi) is 5.32. The Morgan fingerprint density at radius 2 is 2.50 bits per heavy atom. The molecule has 0 rings (SSSR count). The maximum Gasteiger partial charge on any atom is 0.236 e. The Morgan fingerprint density at radius 3 is 2.88 bits per heavy atom. The molecule has 8 heavy (non-hydrogen) atoms. The predicted octanol–water partition coefficient (Wildman–Crippen LogP) is 1.88. The van der Waals surface area contributed by atoms with E-state index in [1.807, 2.05) is 0 Å². The van der Waals surface area contributed by atoms with Crippen molar-refractivity contribution in [2.75, 3.05) is 0 Å². The number of hydrogen-bond donors (Lipinski definition) is 0. The second-order valence-corrected chi connectivity index (χ2v) is 2.88. The molecule has 0 fully saturated rings. The summed E-state index contributed by atoms with van der Waals surface area (Å²) in [6.07, 6.45) is 3.56. The highest BCUT2D eigenvalue weighted by atomic mass is 127. The van der Waals surface area contributed by atoms with Gasteiger partial charge in [0.25, 0.3) is 0 Å². The topological polar surface area (TPSA) is 29.4 Å². The molecule has 0 amide bonds. The smallest absolute Gasteiger partial charge is 0.211 e. The average Bonchev–Trinajstić information content (AvgIpc) is 1.68. The summed E-state index contributed by atoms with van der Waals surface area (Å²) in [6.45, 7) is 2.06. The van der Waals surface area contributed by atoms with E-state index in [4.69, 9.17) is 0 Å². The van der Waals surface area contributed by atoms with Gasteiger partial charge in [-0.1, -0.05) is 35.9 Å². The third-order valence-electron chi connectivity index (χ3n) is 0.720. The number of alkyl halides is 1. The second kappa shape index (κ2) is 5.25. The van der Waals surface area contributed by atoms with Crippen LogP contribution in [0.1, 0.15) is 19.8 Å². The molecule has 0 saturated carbocycles. The van der Waals surface area contributed by atoms with E-state index < -0.39 is 0 Å². The first-order chi connectivity index (χ1) is 3.81. The van der Waals surface area contributed by atoms with Gasteiger partial charge in [-0.3, -0.25) is 0 Å². The fourth-order valence-electron chi connectivity index (χ4n) is 0.360. The second-order valence-electron chi connectivity index (χ2n) is 1.44. The van der Waals surface area contributed by atoms with Gasteiger partial charge in [0.2, 0.25) is 6.08 Å². The molecule has 0 saturated heterocycles. The predicted molar refractivity (Wildman–Crippen MR) is 40.8 cm³/mol. The molecule has 1 atom stereocenters. The van der Waals surface area contributed by atoms with E-state index in [1.165, 1.54) is 6.08 Å². The SMILES string of the molecule is CCCC(I)N=C=O. The molecular formula is C5H8INO. The summed E-state index contributed by atoms with van der Waals surface area (Å²) in [5, 5.41) is 0. The molecule has 0 aliphatic heterocycles. The van der Waals surface area contributed by atoms with E-state index in [9.17, 15) is 4.79 Å². The van der Waals surface area contributed by atoms with Crippen molar-refractivity contribution in [3.63, 3.8) is 0 Å². The van der Waals surface area contributed by atoms with Crippen LogP contribution in [-0.4, -0.2) is 10.1 Å². The van der Waals surface area contributed by atoms with Crippen molar-refractivity contribution in [3.05, 3.63) is 0 Å². The Bertz CT molecular complexity index is 98.6. The summed E-state index contributed by atoms with van der Waals surface area (Å²) >= 11 is 2.11. The normalized spacial score (nSPS) is 12.2. The molecule has 0 aromatic rings. The number of aliphatic imine (C=N–C) groups is 1. The molecule has 0 spiro atoms. The van der Waals surface area contributed by atoms with Crippen LogP contribution in [0.15, 0.2) is 4.99 Å². The van der Waals surface area contributed by atoms with Crippen LogP contribution in [0.5, 0.6) is 0 Å². The summed E-state index contributed by atoms with van der Waals surface area (Å²) < 4.78 is 0.134. The van der Waals surface area contributed by atoms with Crippen LogP contribution in [0, 0.1) is 0 Å². The summed E-state index contributed by atoms with van der Waals surface area (Å²) in [4.78, 5) is 13.1. The lowest BCUT2D eigenvalue weighted by molar-refractivity contribution is 0.561. The van der Waals surface area contributed by atoms with Gasteiger partial charge in [-0.05, 0) is 6.42 Å². The third-order valence-corrected chi connectivity index (χ3v) is 1.62. The number of rotatable bonds is 3. The zero-order valence-electron chi connectivity index (χ0n) is 4.72. The molecule has 0 aliphatic carbocycles. The Balaban J connectivity index is 3.31. The number of halogens is 1. The molecule has 0 heterocycles. The number of isocyanates is 1. The van der Waals surface area contributed by atoms with E-state index in [1.54, 1.807) is 0 Å². The highest BCUT2D eigenvalue weighted by Crippen LogP contribution is 2.07. The Hall–Kier alpha value is 0.110. The van der Waals surface area contributed by atoms with Crippen molar-refractivity contribution in [1.29, 1.82) is 0 Å². The average molecular weight is 225 g/mol. The van der Waals surface area contributed by atoms with Crippen LogP contribution in [0.3, 0.4) is 0 Å². The minimum atomic E-state index is 0.134. The largest absolute Gasteiger partial charge is 0.236 e. The van der Waals surface area contributed by atoms with Crippen molar-refractivity contribution in [2.45, 2.75) is 23.8 Å². The summed E-state index contributed by atoms with van der Waals surface area (Å²) in [5.74, 6) is 0. The minimum Gasteiger partial charge on any atom is -0.211 e. The van der Waals surface area contributed by atoms with Crippen LogP contribution in [0.4, 0.5) is 0 Å². The third kappa shape index (κ3) is 4.27. The first kappa shape index (κ1) is 8.11. The monoisotopic (exact) mass is 225 g/mol. The quantitative estimate of drug-likeness (QED) is 0.237. The zero-order chi connectivity index (χ0) is 6.41. The van der Waals surface area contributed by atoms with Gasteiger partial charge in [0.15, 0.2) is 0 Å². The maximum atomic E-state index is 9.59. The number of nitrogens with zero attached hydrogens (tertiary/aromatic N) is 1. The van der Waals surface area contributed by atoms with Crippen LogP contribution < -0.4 is 0 Å². The van der Waals surface area contributed by atoms with Gasteiger partial charge < -0.3 is 0 Å². The standard InChI is InChI=1S/C5H8INO/c1-2-3-5(6)7-4-8/h5H,2-3H2,1H3. The van der Waals surface area contributed by atoms with Crippen molar-refractivity contribution in [3.8, 4) is 0 Å². The van der Waals surface area contributed by atoms with Crippen molar-refractivity contribution in [2.24, 2.45) is 4.99 Å². The molecule has 0 aromatic heterocycles. The van der Waals surface area contributed by atoms with E-state index in [2.05, 4.69) is 34.5 Å². The summed E-state index contributed by atoms with van der Waals surface area (Å²) in [7, 11) is 0. The molecular weight excluding hydrogens is 217 g/mol. The fourth-order valence-corrected chi connectivity index (χ4v) is 1.10. The molecule has 1 unspecified atom stereocenters. The molecule has 0 N–H and O–H groups in total. The summed E-state index contributed by atoms with van der Waals surface area (Å²) in [5.41, 5.74) is 0. The van der Waals surface area contributed by atoms with E-state index in [-0.39, 0.29) is 4.05 Å². The van der Waals surface area contributed by atoms with Gasteiger partial charge in [0, 0.05) is 0 Å². The van der Waals surface area contributed by atoms with Gasteiger partial charge in [0.05, 0.1) is 0 Å². The zero-order valence-corrected chi connectivity index (χ0v) is 6.88. The van der Waals surface area contributed by atoms with Crippen LogP contribution in [-0.2, 0) is 4.79 Å². The van der Waals surface area contributed by atoms with Crippen LogP contribution in [0.25, 0.3) is 0 Å². The van der Waals surface area contributed by atoms with Gasteiger partial charge in [-0.25, -0.2) is 4.79 Å². The molecule has 46 valence electrons. The minimum absolute atomic E-state index is 0.134. The highest BCUT2D eigenvalue weighted by Gasteiger charge is 1.95. The van der Waals surface area contributed by atoms with Gasteiger partial charge in [0.1, 0.15) is 4.05 Å². The van der Waals surface area contributed by atoms with Crippen molar-refractivity contribution >= 4 is 28.7 Å². The molecule has 0 bridgehead atoms. The Morgan fingerprint density at radius 1 is 1.88 bits per heavy atom. The lowest BCUT2D eigenvalue weighted by Gasteiger charge is -1.94. The molecule has 0 radical (unpaired) electrons. The maximum absolute atomic E-state index is 9.59. The van der Waals surface area contributed by atoms with Crippen molar-refractivity contribution < 1.29 is 4.79 Å². The van der Waals surface area contributed by atoms with E-state index in [0.717, 1.165) is 12.8 Å². The number of carbonyl (C=O) groups excluding carboxylic acids is 1. The lowest BCUT2D eigenvalue weighted by atomic mass is 10.3. The molecule has 3 heteroatoms. The van der Waals surface area contributed by atoms with E-state index in [0.29, 0.717) is 0 Å².